The van der Waals surface area contributed by atoms with Gasteiger partial charge in [0, 0.05) is 14.6 Å². The van der Waals surface area contributed by atoms with Crippen molar-refractivity contribution in [2.24, 2.45) is 0 Å². The van der Waals surface area contributed by atoms with Crippen molar-refractivity contribution in [1.29, 1.82) is 0 Å². The van der Waals surface area contributed by atoms with Crippen molar-refractivity contribution in [3.63, 3.8) is 0 Å². The van der Waals surface area contributed by atoms with Crippen LogP contribution in [0.2, 0.25) is 0 Å². The zero-order valence-electron chi connectivity index (χ0n) is 8.71. The Morgan fingerprint density at radius 2 is 2.07 bits per heavy atom. The highest BCUT2D eigenvalue weighted by Gasteiger charge is 2.14. The lowest BCUT2D eigenvalue weighted by Crippen LogP contribution is -2.14. The summed E-state index contributed by atoms with van der Waals surface area (Å²) in [5.41, 5.74) is 0. The lowest BCUT2D eigenvalue weighted by molar-refractivity contribution is 0.703. The fraction of sp³-hybridized carbons (Fsp3) is 0.500. The molecule has 1 nitrogen and oxygen atoms in total. The van der Waals surface area contributed by atoms with Gasteiger partial charge in [0.05, 0.1) is 0 Å². The number of halogens is 1. The molecule has 1 atom stereocenters. The molecule has 0 saturated carbocycles. The van der Waals surface area contributed by atoms with Crippen LogP contribution in [-0.4, -0.2) is 18.3 Å². The van der Waals surface area contributed by atoms with Gasteiger partial charge in [-0.2, -0.15) is 0 Å². The summed E-state index contributed by atoms with van der Waals surface area (Å²) < 4.78 is 1.23. The summed E-state index contributed by atoms with van der Waals surface area (Å²) in [6.45, 7) is 2.36. The molecule has 0 aliphatic carbocycles. The molecule has 0 spiro atoms. The van der Waals surface area contributed by atoms with Gasteiger partial charge in [-0.3, -0.25) is 0 Å². The van der Waals surface area contributed by atoms with Crippen molar-refractivity contribution >= 4 is 27.7 Å². The van der Waals surface area contributed by atoms with Gasteiger partial charge in [0.25, 0.3) is 0 Å². The zero-order chi connectivity index (χ0) is 10.5. The third-order valence-corrected chi connectivity index (χ3v) is 5.02. The molecule has 1 aromatic carbocycles. The summed E-state index contributed by atoms with van der Waals surface area (Å²) >= 11 is 5.62. The van der Waals surface area contributed by atoms with E-state index in [0.717, 1.165) is 5.25 Å². The van der Waals surface area contributed by atoms with Crippen LogP contribution in [-0.2, 0) is 0 Å². The van der Waals surface area contributed by atoms with Crippen LogP contribution in [0, 0.1) is 0 Å². The average Bonchev–Trinajstić information content (AvgIpc) is 2.50. The van der Waals surface area contributed by atoms with Gasteiger partial charge in [0.2, 0.25) is 0 Å². The minimum absolute atomic E-state index is 0.777. The predicted molar refractivity (Wildman–Crippen MR) is 70.5 cm³/mol. The first kappa shape index (κ1) is 11.5. The number of benzene rings is 1. The van der Waals surface area contributed by atoms with Gasteiger partial charge in [-0.1, -0.05) is 12.1 Å². The van der Waals surface area contributed by atoms with E-state index >= 15 is 0 Å². The van der Waals surface area contributed by atoms with Crippen molar-refractivity contribution in [3.05, 3.63) is 28.7 Å². The van der Waals surface area contributed by atoms with Gasteiger partial charge < -0.3 is 5.32 Å². The van der Waals surface area contributed by atoms with Crippen molar-refractivity contribution in [2.45, 2.75) is 29.4 Å². The van der Waals surface area contributed by atoms with Crippen molar-refractivity contribution < 1.29 is 0 Å². The Morgan fingerprint density at radius 1 is 1.20 bits per heavy atom. The van der Waals surface area contributed by atoms with Gasteiger partial charge in [0.15, 0.2) is 0 Å². The molecule has 0 amide bonds. The van der Waals surface area contributed by atoms with Gasteiger partial charge in [-0.15, -0.1) is 11.8 Å². The van der Waals surface area contributed by atoms with E-state index in [9.17, 15) is 0 Å². The highest BCUT2D eigenvalue weighted by atomic mass is 79.9. The molecule has 0 bridgehead atoms. The van der Waals surface area contributed by atoms with E-state index in [2.05, 4.69) is 45.5 Å². The van der Waals surface area contributed by atoms with E-state index in [1.807, 2.05) is 11.8 Å². The first-order valence-corrected chi connectivity index (χ1v) is 7.15. The smallest absolute Gasteiger partial charge is 0.0311 e. The number of rotatable bonds is 2. The molecule has 1 aromatic rings. The second-order valence-corrected chi connectivity index (χ2v) is 6.05. The van der Waals surface area contributed by atoms with Gasteiger partial charge in [-0.05, 0) is 60.4 Å². The number of nitrogens with one attached hydrogen (secondary N) is 1. The lowest BCUT2D eigenvalue weighted by atomic mass is 10.2. The number of thioether (sulfide) groups is 1. The zero-order valence-corrected chi connectivity index (χ0v) is 11.1. The standard InChI is InChI=1S/C12H16BrNS/c13-11-5-1-2-6-12(11)15-10-4-3-8-14-9-7-10/h1-2,5-6,10,14H,3-4,7-9H2. The molecule has 1 fully saturated rings. The molecule has 15 heavy (non-hydrogen) atoms. The van der Waals surface area contributed by atoms with E-state index in [0.29, 0.717) is 0 Å². The summed E-state index contributed by atoms with van der Waals surface area (Å²) in [4.78, 5) is 1.38. The minimum Gasteiger partial charge on any atom is -0.317 e. The van der Waals surface area contributed by atoms with E-state index in [4.69, 9.17) is 0 Å². The summed E-state index contributed by atoms with van der Waals surface area (Å²) in [6, 6.07) is 8.51. The average molecular weight is 286 g/mol. The van der Waals surface area contributed by atoms with Crippen molar-refractivity contribution in [2.75, 3.05) is 13.1 Å². The van der Waals surface area contributed by atoms with E-state index in [1.165, 1.54) is 41.7 Å². The van der Waals surface area contributed by atoms with Crippen LogP contribution in [0.4, 0.5) is 0 Å². The van der Waals surface area contributed by atoms with Crippen molar-refractivity contribution in [1.82, 2.24) is 5.32 Å². The SMILES string of the molecule is Brc1ccccc1SC1CCCNCC1. The summed E-state index contributed by atoms with van der Waals surface area (Å²) in [7, 11) is 0. The molecule has 1 N–H and O–H groups in total. The Morgan fingerprint density at radius 3 is 2.93 bits per heavy atom. The molecule has 1 saturated heterocycles. The Bertz CT molecular complexity index is 308. The maximum atomic E-state index is 3.61. The molecule has 1 unspecified atom stereocenters. The molecule has 82 valence electrons. The summed E-state index contributed by atoms with van der Waals surface area (Å²) in [5.74, 6) is 0. The first-order valence-electron chi connectivity index (χ1n) is 5.48. The Labute approximate surface area is 104 Å². The number of hydrogen-bond acceptors (Lipinski definition) is 2. The topological polar surface area (TPSA) is 12.0 Å². The summed E-state index contributed by atoms with van der Waals surface area (Å²) in [6.07, 6.45) is 3.92. The highest BCUT2D eigenvalue weighted by Crippen LogP contribution is 2.33. The highest BCUT2D eigenvalue weighted by molar-refractivity contribution is 9.10. The van der Waals surface area contributed by atoms with Crippen LogP contribution in [0.1, 0.15) is 19.3 Å². The molecule has 0 radical (unpaired) electrons. The maximum Gasteiger partial charge on any atom is 0.0311 e. The Kier molecular flexibility index (Phi) is 4.54. The second-order valence-electron chi connectivity index (χ2n) is 3.85. The molecule has 0 aromatic heterocycles. The van der Waals surface area contributed by atoms with E-state index < -0.39 is 0 Å². The lowest BCUT2D eigenvalue weighted by Gasteiger charge is -2.13. The fourth-order valence-electron chi connectivity index (χ4n) is 1.82. The monoisotopic (exact) mass is 285 g/mol. The minimum atomic E-state index is 0.777. The molecule has 2 rings (SSSR count). The van der Waals surface area contributed by atoms with Crippen LogP contribution in [0.15, 0.2) is 33.6 Å². The first-order chi connectivity index (χ1) is 7.36. The van der Waals surface area contributed by atoms with Crippen molar-refractivity contribution in [3.8, 4) is 0 Å². The van der Waals surface area contributed by atoms with Gasteiger partial charge >= 0.3 is 0 Å². The van der Waals surface area contributed by atoms with Crippen LogP contribution < -0.4 is 5.32 Å². The molecule has 1 aliphatic heterocycles. The summed E-state index contributed by atoms with van der Waals surface area (Å²) in [5, 5.41) is 4.23. The number of hydrogen-bond donors (Lipinski definition) is 1. The molecule has 1 heterocycles. The molecule has 1 aliphatic rings. The van der Waals surface area contributed by atoms with Gasteiger partial charge in [-0.25, -0.2) is 0 Å². The Hall–Kier alpha value is 0.01000. The fourth-order valence-corrected chi connectivity index (χ4v) is 3.61. The quantitative estimate of drug-likeness (QED) is 0.890. The van der Waals surface area contributed by atoms with E-state index in [-0.39, 0.29) is 0 Å². The normalized spacial score (nSPS) is 22.3. The molecular formula is C12H16BrNS. The van der Waals surface area contributed by atoms with Crippen LogP contribution in [0.5, 0.6) is 0 Å². The largest absolute Gasteiger partial charge is 0.317 e. The third kappa shape index (κ3) is 3.51. The van der Waals surface area contributed by atoms with Crippen LogP contribution in [0.25, 0.3) is 0 Å². The predicted octanol–water partition coefficient (Wildman–Crippen LogP) is 3.68. The van der Waals surface area contributed by atoms with Crippen LogP contribution >= 0.6 is 27.7 Å². The maximum absolute atomic E-state index is 3.61. The second kappa shape index (κ2) is 5.92. The van der Waals surface area contributed by atoms with E-state index in [1.54, 1.807) is 0 Å². The van der Waals surface area contributed by atoms with Gasteiger partial charge in [0.1, 0.15) is 0 Å². The third-order valence-electron chi connectivity index (χ3n) is 2.65. The van der Waals surface area contributed by atoms with Crippen LogP contribution in [0.3, 0.4) is 0 Å². The molecular weight excluding hydrogens is 270 g/mol. The molecule has 3 heteroatoms. The Balaban J connectivity index is 1.98.